The maximum atomic E-state index is 11.7. The monoisotopic (exact) mass is 182 g/mol. The fraction of sp³-hybridized carbons (Fsp3) is 0.900. The van der Waals surface area contributed by atoms with Gasteiger partial charge in [0.1, 0.15) is 0 Å². The van der Waals surface area contributed by atoms with Gasteiger partial charge in [-0.05, 0) is 45.7 Å². The van der Waals surface area contributed by atoms with Crippen molar-refractivity contribution in [3.63, 3.8) is 0 Å². The summed E-state index contributed by atoms with van der Waals surface area (Å²) in [6.45, 7) is 8.16. The number of carbonyl (C=O) groups excluding carboxylic acids is 1. The van der Waals surface area contributed by atoms with Crippen molar-refractivity contribution in [1.82, 2.24) is 10.6 Å². The zero-order valence-corrected chi connectivity index (χ0v) is 8.55. The van der Waals surface area contributed by atoms with Crippen molar-refractivity contribution in [3.05, 3.63) is 0 Å². The lowest BCUT2D eigenvalue weighted by atomic mass is 10.1. The van der Waals surface area contributed by atoms with Gasteiger partial charge in [-0.1, -0.05) is 0 Å². The van der Waals surface area contributed by atoms with Crippen molar-refractivity contribution in [1.29, 1.82) is 0 Å². The van der Waals surface area contributed by atoms with Crippen LogP contribution in [0.4, 0.5) is 0 Å². The molecule has 0 aromatic heterocycles. The van der Waals surface area contributed by atoms with Crippen LogP contribution in [0.1, 0.15) is 20.8 Å². The van der Waals surface area contributed by atoms with E-state index < -0.39 is 0 Å². The lowest BCUT2D eigenvalue weighted by Gasteiger charge is -2.21. The lowest BCUT2D eigenvalue weighted by molar-refractivity contribution is -0.124. The van der Waals surface area contributed by atoms with Gasteiger partial charge in [0.25, 0.3) is 0 Å². The topological polar surface area (TPSA) is 41.1 Å². The molecule has 1 aliphatic heterocycles. The highest BCUT2D eigenvalue weighted by molar-refractivity contribution is 5.83. The molecule has 0 aromatic rings. The van der Waals surface area contributed by atoms with Gasteiger partial charge in [-0.15, -0.1) is 0 Å². The van der Waals surface area contributed by atoms with Crippen LogP contribution in [0.2, 0.25) is 0 Å². The third-order valence-corrected chi connectivity index (χ3v) is 2.89. The summed E-state index contributed by atoms with van der Waals surface area (Å²) in [7, 11) is 0. The van der Waals surface area contributed by atoms with Crippen LogP contribution in [-0.2, 0) is 4.79 Å². The molecule has 2 rings (SSSR count). The van der Waals surface area contributed by atoms with E-state index in [9.17, 15) is 4.79 Å². The van der Waals surface area contributed by atoms with E-state index in [4.69, 9.17) is 0 Å². The summed E-state index contributed by atoms with van der Waals surface area (Å²) >= 11 is 0. The fourth-order valence-electron chi connectivity index (χ4n) is 2.26. The number of hydrogen-bond acceptors (Lipinski definition) is 2. The van der Waals surface area contributed by atoms with Gasteiger partial charge in [0.15, 0.2) is 0 Å². The summed E-state index contributed by atoms with van der Waals surface area (Å²) in [6.07, 6.45) is 0. The van der Waals surface area contributed by atoms with E-state index in [1.807, 2.05) is 20.8 Å². The standard InChI is InChI=1S/C10H18N2O/c1-10(2,3)12-9(13)8-6-4-11-5-7(6)8/h6-8,11H,4-5H2,1-3H3,(H,12,13)/t6-,7+,8?. The molecule has 0 radical (unpaired) electrons. The molecule has 74 valence electrons. The molecule has 3 atom stereocenters. The average molecular weight is 182 g/mol. The normalized spacial score (nSPS) is 37.0. The first-order valence-electron chi connectivity index (χ1n) is 5.02. The Bertz CT molecular complexity index is 222. The largest absolute Gasteiger partial charge is 0.351 e. The zero-order chi connectivity index (χ0) is 9.64. The highest BCUT2D eigenvalue weighted by atomic mass is 16.2. The van der Waals surface area contributed by atoms with Crippen molar-refractivity contribution >= 4 is 5.91 Å². The van der Waals surface area contributed by atoms with E-state index in [1.165, 1.54) is 0 Å². The Morgan fingerprint density at radius 2 is 1.85 bits per heavy atom. The van der Waals surface area contributed by atoms with E-state index in [2.05, 4.69) is 10.6 Å². The Morgan fingerprint density at radius 1 is 1.31 bits per heavy atom. The van der Waals surface area contributed by atoms with E-state index in [0.29, 0.717) is 17.8 Å². The van der Waals surface area contributed by atoms with Crippen molar-refractivity contribution in [2.45, 2.75) is 26.3 Å². The zero-order valence-electron chi connectivity index (χ0n) is 8.55. The SMILES string of the molecule is CC(C)(C)NC(=O)C1[C@H]2CNC[C@@H]12. The Kier molecular flexibility index (Phi) is 1.88. The van der Waals surface area contributed by atoms with Crippen LogP contribution in [0.25, 0.3) is 0 Å². The summed E-state index contributed by atoms with van der Waals surface area (Å²) < 4.78 is 0. The maximum absolute atomic E-state index is 11.7. The molecule has 0 aromatic carbocycles. The van der Waals surface area contributed by atoms with Crippen molar-refractivity contribution in [2.24, 2.45) is 17.8 Å². The fourth-order valence-corrected chi connectivity index (χ4v) is 2.26. The molecule has 1 aliphatic carbocycles. The molecule has 13 heavy (non-hydrogen) atoms. The minimum atomic E-state index is -0.0819. The minimum absolute atomic E-state index is 0.0819. The van der Waals surface area contributed by atoms with Gasteiger partial charge in [-0.25, -0.2) is 0 Å². The van der Waals surface area contributed by atoms with Gasteiger partial charge in [-0.2, -0.15) is 0 Å². The van der Waals surface area contributed by atoms with Crippen LogP contribution in [-0.4, -0.2) is 24.5 Å². The Morgan fingerprint density at radius 3 is 2.31 bits per heavy atom. The molecule has 3 heteroatoms. The highest BCUT2D eigenvalue weighted by Gasteiger charge is 2.57. The van der Waals surface area contributed by atoms with Crippen LogP contribution in [0, 0.1) is 17.8 Å². The number of amides is 1. The number of hydrogen-bond donors (Lipinski definition) is 2. The Balaban J connectivity index is 1.87. The molecule has 0 bridgehead atoms. The Labute approximate surface area is 79.3 Å². The van der Waals surface area contributed by atoms with Crippen LogP contribution in [0.5, 0.6) is 0 Å². The third kappa shape index (κ3) is 1.70. The maximum Gasteiger partial charge on any atom is 0.224 e. The summed E-state index contributed by atoms with van der Waals surface area (Å²) in [4.78, 5) is 11.7. The second-order valence-corrected chi connectivity index (χ2v) is 5.25. The summed E-state index contributed by atoms with van der Waals surface area (Å²) in [5.41, 5.74) is -0.0819. The predicted octanol–water partition coefficient (Wildman–Crippen LogP) is 0.366. The molecular formula is C10H18N2O. The number of fused-ring (bicyclic) bond motifs is 1. The molecule has 0 spiro atoms. The Hall–Kier alpha value is -0.570. The van der Waals surface area contributed by atoms with E-state index in [-0.39, 0.29) is 11.4 Å². The van der Waals surface area contributed by atoms with E-state index >= 15 is 0 Å². The van der Waals surface area contributed by atoms with Crippen LogP contribution < -0.4 is 10.6 Å². The molecule has 2 fully saturated rings. The summed E-state index contributed by atoms with van der Waals surface area (Å²) in [6, 6.07) is 0. The van der Waals surface area contributed by atoms with Gasteiger partial charge in [0, 0.05) is 11.5 Å². The smallest absolute Gasteiger partial charge is 0.224 e. The summed E-state index contributed by atoms with van der Waals surface area (Å²) in [5, 5.41) is 6.33. The third-order valence-electron chi connectivity index (χ3n) is 2.89. The summed E-state index contributed by atoms with van der Waals surface area (Å²) in [5.74, 6) is 1.81. The van der Waals surface area contributed by atoms with Crippen molar-refractivity contribution in [3.8, 4) is 0 Å². The first-order chi connectivity index (χ1) is 5.99. The quantitative estimate of drug-likeness (QED) is 0.615. The number of carbonyl (C=O) groups is 1. The minimum Gasteiger partial charge on any atom is -0.351 e. The van der Waals surface area contributed by atoms with E-state index in [1.54, 1.807) is 0 Å². The lowest BCUT2D eigenvalue weighted by Crippen LogP contribution is -2.42. The number of piperidine rings is 1. The van der Waals surface area contributed by atoms with Gasteiger partial charge < -0.3 is 10.6 Å². The van der Waals surface area contributed by atoms with Crippen molar-refractivity contribution in [2.75, 3.05) is 13.1 Å². The van der Waals surface area contributed by atoms with Gasteiger partial charge in [-0.3, -0.25) is 4.79 Å². The highest BCUT2D eigenvalue weighted by Crippen LogP contribution is 2.48. The second kappa shape index (κ2) is 2.71. The number of rotatable bonds is 1. The molecule has 2 N–H and O–H groups in total. The van der Waals surface area contributed by atoms with Gasteiger partial charge in [0.2, 0.25) is 5.91 Å². The van der Waals surface area contributed by atoms with E-state index in [0.717, 1.165) is 13.1 Å². The molecule has 1 saturated heterocycles. The second-order valence-electron chi connectivity index (χ2n) is 5.25. The first-order valence-corrected chi connectivity index (χ1v) is 5.02. The molecule has 1 heterocycles. The van der Waals surface area contributed by atoms with Crippen LogP contribution >= 0.6 is 0 Å². The predicted molar refractivity (Wildman–Crippen MR) is 51.2 cm³/mol. The molecule has 1 saturated carbocycles. The molecule has 1 amide bonds. The van der Waals surface area contributed by atoms with Crippen LogP contribution in [0.15, 0.2) is 0 Å². The van der Waals surface area contributed by atoms with Crippen LogP contribution in [0.3, 0.4) is 0 Å². The van der Waals surface area contributed by atoms with Crippen molar-refractivity contribution < 1.29 is 4.79 Å². The first kappa shape index (κ1) is 9.00. The molecule has 2 aliphatic rings. The molecular weight excluding hydrogens is 164 g/mol. The molecule has 1 unspecified atom stereocenters. The number of nitrogens with one attached hydrogen (secondary N) is 2. The van der Waals surface area contributed by atoms with Gasteiger partial charge in [0.05, 0.1) is 0 Å². The van der Waals surface area contributed by atoms with Gasteiger partial charge >= 0.3 is 0 Å². The molecule has 3 nitrogen and oxygen atoms in total. The average Bonchev–Trinajstić information content (AvgIpc) is 2.44.